The molecule has 3 heteroatoms. The molecule has 30 heavy (non-hydrogen) atoms. The molecule has 0 bridgehead atoms. The van der Waals surface area contributed by atoms with Gasteiger partial charge in [0, 0.05) is 13.1 Å². The molecular formula is C27H32N2O. The maximum absolute atomic E-state index is 14.0. The largest absolute Gasteiger partial charge is 0.329 e. The van der Waals surface area contributed by atoms with Crippen LogP contribution in [0.5, 0.6) is 0 Å². The minimum absolute atomic E-state index is 0.0184. The summed E-state index contributed by atoms with van der Waals surface area (Å²) < 4.78 is 0. The first-order chi connectivity index (χ1) is 14.5. The van der Waals surface area contributed by atoms with Gasteiger partial charge >= 0.3 is 6.03 Å². The van der Waals surface area contributed by atoms with E-state index >= 15 is 0 Å². The van der Waals surface area contributed by atoms with Gasteiger partial charge in [-0.2, -0.15) is 0 Å². The average Bonchev–Trinajstić information content (AvgIpc) is 2.76. The lowest BCUT2D eigenvalue weighted by Crippen LogP contribution is -2.41. The van der Waals surface area contributed by atoms with E-state index in [0.29, 0.717) is 6.54 Å². The van der Waals surface area contributed by atoms with E-state index < -0.39 is 0 Å². The maximum Gasteiger partial charge on any atom is 0.329 e. The fourth-order valence-corrected chi connectivity index (χ4v) is 3.65. The lowest BCUT2D eigenvalue weighted by atomic mass is 10.0. The fraction of sp³-hybridized carbons (Fsp3) is 0.296. The van der Waals surface area contributed by atoms with Gasteiger partial charge in [0.1, 0.15) is 0 Å². The van der Waals surface area contributed by atoms with Crippen LogP contribution in [0.25, 0.3) is 0 Å². The number of hydrogen-bond donors (Lipinski definition) is 0. The SMILES string of the molecule is CCCCN(Cc1ccccc1)C(=O)N(c1ccccc1)c1cc(C)c(C)cc1C. The second kappa shape index (κ2) is 10.1. The number of para-hydroxylation sites is 1. The molecule has 0 aliphatic carbocycles. The lowest BCUT2D eigenvalue weighted by Gasteiger charge is -2.32. The summed E-state index contributed by atoms with van der Waals surface area (Å²) in [6.07, 6.45) is 2.03. The van der Waals surface area contributed by atoms with Crippen molar-refractivity contribution >= 4 is 17.4 Å². The Hall–Kier alpha value is -3.07. The van der Waals surface area contributed by atoms with Crippen molar-refractivity contribution in [2.24, 2.45) is 0 Å². The number of benzene rings is 3. The zero-order valence-corrected chi connectivity index (χ0v) is 18.6. The summed E-state index contributed by atoms with van der Waals surface area (Å²) in [5.41, 5.74) is 6.51. The molecule has 3 aromatic carbocycles. The first-order valence-electron chi connectivity index (χ1n) is 10.8. The normalized spacial score (nSPS) is 10.7. The standard InChI is InChI=1S/C27H32N2O/c1-5-6-17-28(20-24-13-9-7-10-14-24)27(30)29(25-15-11-8-12-16-25)26-19-22(3)21(2)18-23(26)4/h7-16,18-19H,5-6,17,20H2,1-4H3. The molecule has 0 fully saturated rings. The Morgan fingerprint density at radius 2 is 1.40 bits per heavy atom. The molecule has 0 aromatic heterocycles. The fourth-order valence-electron chi connectivity index (χ4n) is 3.65. The highest BCUT2D eigenvalue weighted by atomic mass is 16.2. The van der Waals surface area contributed by atoms with E-state index in [1.54, 1.807) is 0 Å². The number of rotatable bonds is 7. The molecule has 0 heterocycles. The van der Waals surface area contributed by atoms with E-state index in [9.17, 15) is 4.79 Å². The molecule has 3 rings (SSSR count). The molecule has 0 atom stereocenters. The minimum Gasteiger partial charge on any atom is -0.320 e. The van der Waals surface area contributed by atoms with Gasteiger partial charge in [-0.25, -0.2) is 4.79 Å². The van der Waals surface area contributed by atoms with Gasteiger partial charge in [-0.15, -0.1) is 0 Å². The summed E-state index contributed by atoms with van der Waals surface area (Å²) in [5, 5.41) is 0. The number of carbonyl (C=O) groups is 1. The second-order valence-corrected chi connectivity index (χ2v) is 7.94. The van der Waals surface area contributed by atoms with Crippen LogP contribution in [0, 0.1) is 20.8 Å². The van der Waals surface area contributed by atoms with Gasteiger partial charge < -0.3 is 4.90 Å². The first-order valence-corrected chi connectivity index (χ1v) is 10.8. The average molecular weight is 401 g/mol. The van der Waals surface area contributed by atoms with Gasteiger partial charge in [0.15, 0.2) is 0 Å². The van der Waals surface area contributed by atoms with Crippen LogP contribution >= 0.6 is 0 Å². The van der Waals surface area contributed by atoms with Crippen LogP contribution in [0.4, 0.5) is 16.2 Å². The highest BCUT2D eigenvalue weighted by Gasteiger charge is 2.25. The molecule has 0 radical (unpaired) electrons. The highest BCUT2D eigenvalue weighted by molar-refractivity contribution is 6.00. The Morgan fingerprint density at radius 1 is 0.800 bits per heavy atom. The van der Waals surface area contributed by atoms with Crippen LogP contribution in [-0.4, -0.2) is 17.5 Å². The van der Waals surface area contributed by atoms with Crippen molar-refractivity contribution in [2.45, 2.75) is 47.1 Å². The summed E-state index contributed by atoms with van der Waals surface area (Å²) in [6.45, 7) is 9.80. The second-order valence-electron chi connectivity index (χ2n) is 7.94. The van der Waals surface area contributed by atoms with Crippen LogP contribution in [0.3, 0.4) is 0 Å². The number of hydrogen-bond acceptors (Lipinski definition) is 1. The number of urea groups is 1. The number of nitrogens with zero attached hydrogens (tertiary/aromatic N) is 2. The van der Waals surface area contributed by atoms with E-state index in [1.165, 1.54) is 11.1 Å². The molecule has 0 aliphatic rings. The number of amides is 2. The Bertz CT molecular complexity index is 967. The molecular weight excluding hydrogens is 368 g/mol. The third-order valence-electron chi connectivity index (χ3n) is 5.53. The molecule has 0 saturated carbocycles. The molecule has 3 nitrogen and oxygen atoms in total. The van der Waals surface area contributed by atoms with Crippen molar-refractivity contribution in [3.8, 4) is 0 Å². The maximum atomic E-state index is 14.0. The summed E-state index contributed by atoms with van der Waals surface area (Å²) in [6, 6.07) is 24.5. The van der Waals surface area contributed by atoms with Gasteiger partial charge in [-0.3, -0.25) is 4.90 Å². The molecule has 3 aromatic rings. The van der Waals surface area contributed by atoms with Crippen LogP contribution in [0.1, 0.15) is 42.0 Å². The van der Waals surface area contributed by atoms with E-state index in [0.717, 1.165) is 41.9 Å². The zero-order valence-electron chi connectivity index (χ0n) is 18.6. The van der Waals surface area contributed by atoms with Gasteiger partial charge in [0.25, 0.3) is 0 Å². The van der Waals surface area contributed by atoms with Crippen LogP contribution in [-0.2, 0) is 6.54 Å². The van der Waals surface area contributed by atoms with Gasteiger partial charge in [0.05, 0.1) is 11.4 Å². The Labute approximate surface area is 181 Å². The van der Waals surface area contributed by atoms with Crippen molar-refractivity contribution in [3.63, 3.8) is 0 Å². The highest BCUT2D eigenvalue weighted by Crippen LogP contribution is 2.32. The monoisotopic (exact) mass is 400 g/mol. The Balaban J connectivity index is 2.04. The third-order valence-corrected chi connectivity index (χ3v) is 5.53. The molecule has 0 spiro atoms. The van der Waals surface area contributed by atoms with Gasteiger partial charge in [-0.05, 0) is 67.6 Å². The van der Waals surface area contributed by atoms with Crippen LogP contribution in [0.15, 0.2) is 72.8 Å². The smallest absolute Gasteiger partial charge is 0.320 e. The van der Waals surface area contributed by atoms with E-state index in [2.05, 4.69) is 52.0 Å². The van der Waals surface area contributed by atoms with Crippen molar-refractivity contribution < 1.29 is 4.79 Å². The van der Waals surface area contributed by atoms with Crippen molar-refractivity contribution in [1.29, 1.82) is 0 Å². The number of anilines is 2. The van der Waals surface area contributed by atoms with E-state index in [-0.39, 0.29) is 6.03 Å². The van der Waals surface area contributed by atoms with E-state index in [1.807, 2.05) is 58.3 Å². The summed E-state index contributed by atoms with van der Waals surface area (Å²) in [7, 11) is 0. The molecule has 0 saturated heterocycles. The zero-order chi connectivity index (χ0) is 21.5. The van der Waals surface area contributed by atoms with Crippen LogP contribution < -0.4 is 4.90 Å². The number of carbonyl (C=O) groups excluding carboxylic acids is 1. The van der Waals surface area contributed by atoms with Gasteiger partial charge in [0.2, 0.25) is 0 Å². The summed E-state index contributed by atoms with van der Waals surface area (Å²) >= 11 is 0. The minimum atomic E-state index is 0.0184. The van der Waals surface area contributed by atoms with Gasteiger partial charge in [-0.1, -0.05) is 67.9 Å². The first kappa shape index (κ1) is 21.6. The number of unbranched alkanes of at least 4 members (excludes halogenated alkanes) is 1. The summed E-state index contributed by atoms with van der Waals surface area (Å²) in [5.74, 6) is 0. The molecule has 0 aliphatic heterocycles. The predicted molar refractivity (Wildman–Crippen MR) is 126 cm³/mol. The number of aryl methyl sites for hydroxylation is 3. The van der Waals surface area contributed by atoms with Crippen molar-refractivity contribution in [3.05, 3.63) is 95.1 Å². The third kappa shape index (κ3) is 5.10. The molecule has 156 valence electrons. The van der Waals surface area contributed by atoms with E-state index in [4.69, 9.17) is 0 Å². The topological polar surface area (TPSA) is 23.6 Å². The van der Waals surface area contributed by atoms with Crippen LogP contribution in [0.2, 0.25) is 0 Å². The molecule has 0 unspecified atom stereocenters. The summed E-state index contributed by atoms with van der Waals surface area (Å²) in [4.78, 5) is 17.8. The van der Waals surface area contributed by atoms with Crippen molar-refractivity contribution in [2.75, 3.05) is 11.4 Å². The Kier molecular flexibility index (Phi) is 7.29. The van der Waals surface area contributed by atoms with Crippen molar-refractivity contribution in [1.82, 2.24) is 4.90 Å². The molecule has 0 N–H and O–H groups in total. The lowest BCUT2D eigenvalue weighted by molar-refractivity contribution is 0.203. The Morgan fingerprint density at radius 3 is 2.03 bits per heavy atom. The molecule has 2 amide bonds. The quantitative estimate of drug-likeness (QED) is 0.412. The predicted octanol–water partition coefficient (Wildman–Crippen LogP) is 7.17.